The molecule has 5 heteroatoms. The molecule has 0 fully saturated rings. The SMILES string of the molecule is CCOP(=O)(OCC)c1cc(C)oc1C. The first-order valence-corrected chi connectivity index (χ1v) is 6.54. The van der Waals surface area contributed by atoms with Crippen LogP contribution < -0.4 is 5.30 Å². The fourth-order valence-electron chi connectivity index (χ4n) is 1.41. The highest BCUT2D eigenvalue weighted by Crippen LogP contribution is 2.48. The first-order valence-electron chi connectivity index (χ1n) is 5.00. The van der Waals surface area contributed by atoms with Crippen LogP contribution in [0.2, 0.25) is 0 Å². The van der Waals surface area contributed by atoms with Crippen molar-refractivity contribution in [3.8, 4) is 0 Å². The van der Waals surface area contributed by atoms with E-state index in [0.29, 0.717) is 30.0 Å². The van der Waals surface area contributed by atoms with Crippen LogP contribution in [0, 0.1) is 13.8 Å². The van der Waals surface area contributed by atoms with Gasteiger partial charge in [-0.1, -0.05) is 0 Å². The van der Waals surface area contributed by atoms with Gasteiger partial charge in [-0.3, -0.25) is 4.57 Å². The third-order valence-corrected chi connectivity index (χ3v) is 4.14. The molecule has 15 heavy (non-hydrogen) atoms. The molecule has 1 heterocycles. The Labute approximate surface area is 90.1 Å². The Balaban J connectivity index is 3.08. The van der Waals surface area contributed by atoms with Gasteiger partial charge in [0.2, 0.25) is 0 Å². The molecule has 0 atom stereocenters. The molecule has 0 spiro atoms. The first-order chi connectivity index (χ1) is 7.03. The maximum absolute atomic E-state index is 12.3. The van der Waals surface area contributed by atoms with Crippen molar-refractivity contribution < 1.29 is 18.0 Å². The van der Waals surface area contributed by atoms with E-state index >= 15 is 0 Å². The number of hydrogen-bond acceptors (Lipinski definition) is 4. The third-order valence-electron chi connectivity index (χ3n) is 1.91. The van der Waals surface area contributed by atoms with Crippen LogP contribution in [0.4, 0.5) is 0 Å². The minimum absolute atomic E-state index is 0.348. The normalized spacial score (nSPS) is 12.0. The largest absolute Gasteiger partial charge is 0.466 e. The molecule has 0 unspecified atom stereocenters. The molecule has 1 aromatic heterocycles. The van der Waals surface area contributed by atoms with Gasteiger partial charge < -0.3 is 13.5 Å². The summed E-state index contributed by atoms with van der Waals surface area (Å²) in [6.07, 6.45) is 0. The molecule has 1 aromatic rings. The number of rotatable bonds is 5. The first kappa shape index (κ1) is 12.5. The molecule has 0 saturated heterocycles. The lowest BCUT2D eigenvalue weighted by molar-refractivity contribution is 0.229. The van der Waals surface area contributed by atoms with Crippen LogP contribution in [-0.2, 0) is 13.6 Å². The molecule has 0 bridgehead atoms. The average molecular weight is 232 g/mol. The maximum atomic E-state index is 12.3. The smallest absolute Gasteiger partial charge is 0.364 e. The van der Waals surface area contributed by atoms with Crippen LogP contribution in [0.15, 0.2) is 10.5 Å². The Morgan fingerprint density at radius 2 is 1.80 bits per heavy atom. The summed E-state index contributed by atoms with van der Waals surface area (Å²) < 4.78 is 28.1. The molecule has 1 rings (SSSR count). The van der Waals surface area contributed by atoms with E-state index < -0.39 is 7.60 Å². The van der Waals surface area contributed by atoms with Crippen LogP contribution in [0.3, 0.4) is 0 Å². The zero-order valence-corrected chi connectivity index (χ0v) is 10.5. The third kappa shape index (κ3) is 2.71. The van der Waals surface area contributed by atoms with Crippen molar-refractivity contribution in [1.29, 1.82) is 0 Å². The lowest BCUT2D eigenvalue weighted by atomic mass is 10.4. The van der Waals surface area contributed by atoms with Gasteiger partial charge in [0, 0.05) is 0 Å². The molecule has 0 aliphatic rings. The lowest BCUT2D eigenvalue weighted by Gasteiger charge is -2.15. The van der Waals surface area contributed by atoms with E-state index in [0.717, 1.165) is 0 Å². The Morgan fingerprint density at radius 1 is 1.27 bits per heavy atom. The van der Waals surface area contributed by atoms with E-state index in [1.807, 2.05) is 0 Å². The quantitative estimate of drug-likeness (QED) is 0.732. The summed E-state index contributed by atoms with van der Waals surface area (Å²) in [5.41, 5.74) is 0. The van der Waals surface area contributed by atoms with Crippen molar-refractivity contribution >= 4 is 12.9 Å². The predicted molar refractivity (Wildman–Crippen MR) is 58.7 cm³/mol. The van der Waals surface area contributed by atoms with Gasteiger partial charge in [-0.05, 0) is 33.8 Å². The van der Waals surface area contributed by atoms with Crippen molar-refractivity contribution in [2.75, 3.05) is 13.2 Å². The summed E-state index contributed by atoms with van der Waals surface area (Å²) in [4.78, 5) is 0. The maximum Gasteiger partial charge on any atom is 0.364 e. The minimum Gasteiger partial charge on any atom is -0.466 e. The standard InChI is InChI=1S/C10H17O4P/c1-5-12-15(11,13-6-2)10-7-8(3)14-9(10)4/h7H,5-6H2,1-4H3. The van der Waals surface area contributed by atoms with Crippen LogP contribution in [0.25, 0.3) is 0 Å². The number of aryl methyl sites for hydroxylation is 2. The summed E-state index contributed by atoms with van der Waals surface area (Å²) >= 11 is 0. The van der Waals surface area contributed by atoms with E-state index in [2.05, 4.69) is 0 Å². The Hall–Kier alpha value is -0.570. The average Bonchev–Trinajstić information content (AvgIpc) is 2.46. The van der Waals surface area contributed by atoms with Crippen molar-refractivity contribution in [2.45, 2.75) is 27.7 Å². The molecule has 0 aliphatic heterocycles. The summed E-state index contributed by atoms with van der Waals surface area (Å²) in [5, 5.41) is 0.531. The fraction of sp³-hybridized carbons (Fsp3) is 0.600. The van der Waals surface area contributed by atoms with Crippen molar-refractivity contribution in [1.82, 2.24) is 0 Å². The summed E-state index contributed by atoms with van der Waals surface area (Å²) in [7, 11) is -3.18. The summed E-state index contributed by atoms with van der Waals surface area (Å²) in [6.45, 7) is 7.83. The highest BCUT2D eigenvalue weighted by atomic mass is 31.2. The van der Waals surface area contributed by atoms with E-state index in [1.165, 1.54) is 0 Å². The van der Waals surface area contributed by atoms with Gasteiger partial charge in [0.15, 0.2) is 0 Å². The molecule has 86 valence electrons. The predicted octanol–water partition coefficient (Wildman–Crippen LogP) is 2.79. The molecule has 4 nitrogen and oxygen atoms in total. The van der Waals surface area contributed by atoms with Gasteiger partial charge >= 0.3 is 7.60 Å². The topological polar surface area (TPSA) is 48.7 Å². The van der Waals surface area contributed by atoms with Crippen LogP contribution in [0.5, 0.6) is 0 Å². The number of hydrogen-bond donors (Lipinski definition) is 0. The molecule has 0 saturated carbocycles. The van der Waals surface area contributed by atoms with Gasteiger partial charge in [0.1, 0.15) is 16.8 Å². The molecule has 0 aromatic carbocycles. The van der Waals surface area contributed by atoms with Crippen LogP contribution in [0.1, 0.15) is 25.4 Å². The second-order valence-electron chi connectivity index (χ2n) is 3.13. The highest BCUT2D eigenvalue weighted by molar-refractivity contribution is 7.62. The molecule has 0 N–H and O–H groups in total. The molecule has 0 amide bonds. The second kappa shape index (κ2) is 4.97. The van der Waals surface area contributed by atoms with Gasteiger partial charge in [-0.15, -0.1) is 0 Å². The van der Waals surface area contributed by atoms with Crippen LogP contribution in [-0.4, -0.2) is 13.2 Å². The zero-order valence-electron chi connectivity index (χ0n) is 9.57. The molecular weight excluding hydrogens is 215 g/mol. The zero-order chi connectivity index (χ0) is 11.5. The Bertz CT molecular complexity index is 359. The van der Waals surface area contributed by atoms with E-state index in [4.69, 9.17) is 13.5 Å². The summed E-state index contributed by atoms with van der Waals surface area (Å²) in [5.74, 6) is 1.31. The van der Waals surface area contributed by atoms with Crippen molar-refractivity contribution in [3.05, 3.63) is 17.6 Å². The van der Waals surface area contributed by atoms with Gasteiger partial charge in [0.05, 0.1) is 13.2 Å². The van der Waals surface area contributed by atoms with Crippen LogP contribution >= 0.6 is 7.60 Å². The monoisotopic (exact) mass is 232 g/mol. The van der Waals surface area contributed by atoms with E-state index in [-0.39, 0.29) is 0 Å². The molecule has 0 aliphatic carbocycles. The van der Waals surface area contributed by atoms with E-state index in [1.54, 1.807) is 33.8 Å². The lowest BCUT2D eigenvalue weighted by Crippen LogP contribution is -2.11. The van der Waals surface area contributed by atoms with E-state index in [9.17, 15) is 4.57 Å². The minimum atomic E-state index is -3.18. The van der Waals surface area contributed by atoms with Crippen molar-refractivity contribution in [3.63, 3.8) is 0 Å². The van der Waals surface area contributed by atoms with Gasteiger partial charge in [-0.2, -0.15) is 0 Å². The Morgan fingerprint density at radius 3 is 2.13 bits per heavy atom. The summed E-state index contributed by atoms with van der Waals surface area (Å²) in [6, 6.07) is 1.71. The second-order valence-corrected chi connectivity index (χ2v) is 5.12. The fourth-order valence-corrected chi connectivity index (χ4v) is 3.21. The Kier molecular flexibility index (Phi) is 4.14. The van der Waals surface area contributed by atoms with Gasteiger partial charge in [0.25, 0.3) is 0 Å². The number of furan rings is 1. The van der Waals surface area contributed by atoms with Crippen molar-refractivity contribution in [2.24, 2.45) is 0 Å². The molecular formula is C10H17O4P. The highest BCUT2D eigenvalue weighted by Gasteiger charge is 2.30. The molecule has 0 radical (unpaired) electrons. The van der Waals surface area contributed by atoms with Gasteiger partial charge in [-0.25, -0.2) is 0 Å².